The first-order valence-electron chi connectivity index (χ1n) is 7.60. The van der Waals surface area contributed by atoms with Crippen molar-refractivity contribution in [2.75, 3.05) is 13.6 Å². The number of hydrogen-bond donors (Lipinski definition) is 2. The molecule has 0 radical (unpaired) electrons. The molecule has 0 aliphatic rings. The molecule has 0 amide bonds. The minimum absolute atomic E-state index is 0.239. The molecule has 0 saturated carbocycles. The van der Waals surface area contributed by atoms with E-state index in [1.165, 1.54) is 12.1 Å². The van der Waals surface area contributed by atoms with Crippen LogP contribution in [0, 0.1) is 5.82 Å². The molecule has 2 aromatic rings. The van der Waals surface area contributed by atoms with Crippen molar-refractivity contribution in [2.24, 2.45) is 4.99 Å². The Bertz CT molecular complexity index is 636. The normalized spacial score (nSPS) is 11.8. The number of halogens is 1. The second-order valence-corrected chi connectivity index (χ2v) is 5.43. The summed E-state index contributed by atoms with van der Waals surface area (Å²) in [4.78, 5) is 8.46. The Balaban J connectivity index is 1.75. The van der Waals surface area contributed by atoms with Crippen LogP contribution in [0.5, 0.6) is 0 Å². The van der Waals surface area contributed by atoms with Crippen LogP contribution < -0.4 is 10.6 Å². The Hall–Kier alpha value is -2.44. The lowest BCUT2D eigenvalue weighted by molar-refractivity contribution is 0.371. The number of aliphatic imine (C=N–C) groups is 1. The first kappa shape index (κ1) is 16.9. The van der Waals surface area contributed by atoms with E-state index in [1.54, 1.807) is 19.2 Å². The van der Waals surface area contributed by atoms with Gasteiger partial charge in [-0.25, -0.2) is 4.39 Å². The molecule has 0 bridgehead atoms. The number of nitrogens with zero attached hydrogens (tertiary/aromatic N) is 3. The molecule has 0 aliphatic carbocycles. The van der Waals surface area contributed by atoms with Gasteiger partial charge in [0.2, 0.25) is 5.89 Å². The minimum Gasteiger partial charge on any atom is -0.356 e. The second-order valence-electron chi connectivity index (χ2n) is 5.43. The van der Waals surface area contributed by atoms with E-state index < -0.39 is 0 Å². The molecule has 0 saturated heterocycles. The van der Waals surface area contributed by atoms with Gasteiger partial charge in [0.05, 0.1) is 0 Å². The third-order valence-electron chi connectivity index (χ3n) is 3.23. The van der Waals surface area contributed by atoms with Gasteiger partial charge in [0.15, 0.2) is 11.8 Å². The summed E-state index contributed by atoms with van der Waals surface area (Å²) in [5.41, 5.74) is 0.979. The van der Waals surface area contributed by atoms with Gasteiger partial charge in [-0.3, -0.25) is 4.99 Å². The van der Waals surface area contributed by atoms with Crippen molar-refractivity contribution in [3.05, 3.63) is 47.4 Å². The zero-order chi connectivity index (χ0) is 16.7. The average molecular weight is 319 g/mol. The maximum Gasteiger partial charge on any atom is 0.228 e. The zero-order valence-electron chi connectivity index (χ0n) is 13.6. The molecule has 0 atom stereocenters. The van der Waals surface area contributed by atoms with Gasteiger partial charge < -0.3 is 15.2 Å². The molecule has 23 heavy (non-hydrogen) atoms. The van der Waals surface area contributed by atoms with Crippen LogP contribution in [0.25, 0.3) is 0 Å². The Kier molecular flexibility index (Phi) is 6.08. The van der Waals surface area contributed by atoms with Gasteiger partial charge in [-0.2, -0.15) is 4.98 Å². The lowest BCUT2D eigenvalue weighted by atomic mass is 10.2. The smallest absolute Gasteiger partial charge is 0.228 e. The molecule has 2 rings (SSSR count). The summed E-state index contributed by atoms with van der Waals surface area (Å²) in [6.45, 7) is 5.24. The molecule has 7 heteroatoms. The molecule has 124 valence electrons. The summed E-state index contributed by atoms with van der Waals surface area (Å²) in [7, 11) is 1.70. The molecule has 0 fully saturated rings. The first-order valence-corrected chi connectivity index (χ1v) is 7.60. The quantitative estimate of drug-likeness (QED) is 0.631. The van der Waals surface area contributed by atoms with Gasteiger partial charge in [0, 0.05) is 32.5 Å². The highest BCUT2D eigenvalue weighted by Crippen LogP contribution is 2.09. The summed E-state index contributed by atoms with van der Waals surface area (Å²) in [6.07, 6.45) is 0.622. The van der Waals surface area contributed by atoms with E-state index in [9.17, 15) is 4.39 Å². The molecule has 0 aliphatic heterocycles. The third-order valence-corrected chi connectivity index (χ3v) is 3.23. The van der Waals surface area contributed by atoms with Crippen molar-refractivity contribution < 1.29 is 8.91 Å². The number of guanidine groups is 1. The van der Waals surface area contributed by atoms with Crippen LogP contribution in [-0.2, 0) is 13.0 Å². The van der Waals surface area contributed by atoms with Crippen LogP contribution in [0.3, 0.4) is 0 Å². The number of benzene rings is 1. The lowest BCUT2D eigenvalue weighted by Gasteiger charge is -2.11. The number of rotatable bonds is 6. The lowest BCUT2D eigenvalue weighted by Crippen LogP contribution is -2.37. The Labute approximate surface area is 135 Å². The largest absolute Gasteiger partial charge is 0.356 e. The fourth-order valence-corrected chi connectivity index (χ4v) is 1.90. The molecule has 1 aromatic heterocycles. The fourth-order valence-electron chi connectivity index (χ4n) is 1.90. The highest BCUT2D eigenvalue weighted by molar-refractivity contribution is 5.79. The van der Waals surface area contributed by atoms with Crippen molar-refractivity contribution in [1.29, 1.82) is 0 Å². The van der Waals surface area contributed by atoms with Gasteiger partial charge in [0.25, 0.3) is 0 Å². The predicted octanol–water partition coefficient (Wildman–Crippen LogP) is 2.24. The maximum absolute atomic E-state index is 12.9. The van der Waals surface area contributed by atoms with E-state index in [1.807, 2.05) is 13.8 Å². The number of aromatic nitrogens is 2. The van der Waals surface area contributed by atoms with E-state index in [-0.39, 0.29) is 11.7 Å². The van der Waals surface area contributed by atoms with Gasteiger partial charge in [-0.05, 0) is 17.7 Å². The van der Waals surface area contributed by atoms with Crippen molar-refractivity contribution in [3.8, 4) is 0 Å². The zero-order valence-corrected chi connectivity index (χ0v) is 13.6. The van der Waals surface area contributed by atoms with Crippen LogP contribution in [0.2, 0.25) is 0 Å². The average Bonchev–Trinajstić information content (AvgIpc) is 3.01. The van der Waals surface area contributed by atoms with E-state index in [4.69, 9.17) is 4.52 Å². The van der Waals surface area contributed by atoms with Crippen LogP contribution in [0.4, 0.5) is 4.39 Å². The van der Waals surface area contributed by atoms with E-state index in [0.29, 0.717) is 31.4 Å². The molecule has 0 spiro atoms. The third kappa shape index (κ3) is 5.36. The molecule has 2 N–H and O–H groups in total. The summed E-state index contributed by atoms with van der Waals surface area (Å²) < 4.78 is 18.0. The van der Waals surface area contributed by atoms with Crippen LogP contribution in [-0.4, -0.2) is 29.7 Å². The van der Waals surface area contributed by atoms with Crippen molar-refractivity contribution >= 4 is 5.96 Å². The van der Waals surface area contributed by atoms with Crippen molar-refractivity contribution in [1.82, 2.24) is 20.8 Å². The van der Waals surface area contributed by atoms with Gasteiger partial charge in [0.1, 0.15) is 5.82 Å². The van der Waals surface area contributed by atoms with Gasteiger partial charge in [-0.15, -0.1) is 0 Å². The van der Waals surface area contributed by atoms with Crippen LogP contribution in [0.15, 0.2) is 33.8 Å². The molecule has 1 aromatic carbocycles. The molecular formula is C16H22FN5O. The van der Waals surface area contributed by atoms with Gasteiger partial charge >= 0.3 is 0 Å². The SMILES string of the molecule is CN=C(NCCc1nc(C(C)C)no1)NCc1ccc(F)cc1. The van der Waals surface area contributed by atoms with Crippen molar-refractivity contribution in [3.63, 3.8) is 0 Å². The predicted molar refractivity (Wildman–Crippen MR) is 86.7 cm³/mol. The fraction of sp³-hybridized carbons (Fsp3) is 0.438. The molecule has 1 heterocycles. The standard InChI is InChI=1S/C16H22FN5O/c1-11(2)15-21-14(23-22-15)8-9-19-16(18-3)20-10-12-4-6-13(17)7-5-12/h4-7,11H,8-10H2,1-3H3,(H2,18,19,20). The molecular weight excluding hydrogens is 297 g/mol. The monoisotopic (exact) mass is 319 g/mol. The minimum atomic E-state index is -0.239. The van der Waals surface area contributed by atoms with Gasteiger partial charge in [-0.1, -0.05) is 31.1 Å². The maximum atomic E-state index is 12.9. The summed E-state index contributed by atoms with van der Waals surface area (Å²) in [6, 6.07) is 6.35. The second kappa shape index (κ2) is 8.26. The molecule has 0 unspecified atom stereocenters. The Morgan fingerprint density at radius 3 is 2.61 bits per heavy atom. The number of hydrogen-bond acceptors (Lipinski definition) is 4. The van der Waals surface area contributed by atoms with Crippen LogP contribution >= 0.6 is 0 Å². The molecule has 6 nitrogen and oxygen atoms in total. The summed E-state index contributed by atoms with van der Waals surface area (Å²) in [5.74, 6) is 2.01. The van der Waals surface area contributed by atoms with E-state index in [2.05, 4.69) is 25.8 Å². The van der Waals surface area contributed by atoms with E-state index >= 15 is 0 Å². The highest BCUT2D eigenvalue weighted by atomic mass is 19.1. The Morgan fingerprint density at radius 1 is 1.26 bits per heavy atom. The first-order chi connectivity index (χ1) is 11.1. The topological polar surface area (TPSA) is 75.3 Å². The Morgan fingerprint density at radius 2 is 2.00 bits per heavy atom. The summed E-state index contributed by atoms with van der Waals surface area (Å²) in [5, 5.41) is 10.3. The van der Waals surface area contributed by atoms with Crippen molar-refractivity contribution in [2.45, 2.75) is 32.7 Å². The number of nitrogens with one attached hydrogen (secondary N) is 2. The van der Waals surface area contributed by atoms with Crippen LogP contribution in [0.1, 0.15) is 37.0 Å². The van der Waals surface area contributed by atoms with E-state index in [0.717, 1.165) is 11.4 Å². The summed E-state index contributed by atoms with van der Waals surface area (Å²) >= 11 is 0. The highest BCUT2D eigenvalue weighted by Gasteiger charge is 2.09.